The van der Waals surface area contributed by atoms with Crippen LogP contribution >= 0.6 is 11.6 Å². The molecule has 0 aliphatic rings. The van der Waals surface area contributed by atoms with Crippen LogP contribution in [0.5, 0.6) is 0 Å². The van der Waals surface area contributed by atoms with E-state index in [4.69, 9.17) is 11.6 Å². The highest BCUT2D eigenvalue weighted by atomic mass is 35.5. The quantitative estimate of drug-likeness (QED) is 0.354. The van der Waals surface area contributed by atoms with Crippen LogP contribution in [0.1, 0.15) is 0 Å². The maximum Gasteiger partial charge on any atom is 0.409 e. The van der Waals surface area contributed by atoms with E-state index in [1.54, 1.807) is 0 Å². The maximum absolute atomic E-state index is 11.4. The number of rotatable bonds is 3. The Hall–Kier alpha value is -0.900. The van der Waals surface area contributed by atoms with Crippen LogP contribution in [0.4, 0.5) is 4.39 Å². The first-order chi connectivity index (χ1) is 4.54. The lowest BCUT2D eigenvalue weighted by molar-refractivity contribution is -0.158. The van der Waals surface area contributed by atoms with Gasteiger partial charge in [0.05, 0.1) is 0 Å². The predicted octanol–water partition coefficient (Wildman–Crippen LogP) is 0.778. The van der Waals surface area contributed by atoms with Crippen molar-refractivity contribution < 1.29 is 18.7 Å². The van der Waals surface area contributed by atoms with E-state index in [2.05, 4.69) is 11.3 Å². The molecule has 0 unspecified atom stereocenters. The molecule has 0 fully saturated rings. The molecule has 10 heavy (non-hydrogen) atoms. The fraction of sp³-hybridized carbons (Fsp3) is 0.200. The standard InChI is InChI=1S/C5H4ClFO3/c1-3(6)2-10-5(9)4(7)8/h1-2H2. The van der Waals surface area contributed by atoms with Gasteiger partial charge in [-0.25, -0.2) is 9.59 Å². The van der Waals surface area contributed by atoms with Crippen LogP contribution in [0, 0.1) is 0 Å². The van der Waals surface area contributed by atoms with E-state index in [-0.39, 0.29) is 11.6 Å². The molecular formula is C5H4ClFO3. The molecule has 0 rings (SSSR count). The zero-order valence-electron chi connectivity index (χ0n) is 4.89. The van der Waals surface area contributed by atoms with Gasteiger partial charge in [0.2, 0.25) is 0 Å². The van der Waals surface area contributed by atoms with Gasteiger partial charge in [-0.1, -0.05) is 18.2 Å². The highest BCUT2D eigenvalue weighted by Crippen LogP contribution is 1.96. The molecule has 0 atom stereocenters. The second-order valence-corrected chi connectivity index (χ2v) is 1.90. The molecule has 0 aliphatic carbocycles. The first-order valence-electron chi connectivity index (χ1n) is 2.24. The van der Waals surface area contributed by atoms with Crippen LogP contribution in [0.2, 0.25) is 0 Å². The first-order valence-corrected chi connectivity index (χ1v) is 2.61. The molecule has 3 nitrogen and oxygen atoms in total. The van der Waals surface area contributed by atoms with Crippen molar-refractivity contribution in [3.8, 4) is 0 Å². The van der Waals surface area contributed by atoms with E-state index in [1.165, 1.54) is 0 Å². The third kappa shape index (κ3) is 4.03. The summed E-state index contributed by atoms with van der Waals surface area (Å²) in [5.41, 5.74) is 0. The SMILES string of the molecule is C=C(Cl)COC(=O)C(=O)F. The third-order valence-electron chi connectivity index (χ3n) is 0.520. The molecule has 0 aromatic heterocycles. The second kappa shape index (κ2) is 4.00. The molecule has 0 saturated heterocycles. The number of ether oxygens (including phenoxy) is 1. The normalized spacial score (nSPS) is 8.60. The minimum absolute atomic E-state index is 0.0228. The fourth-order valence-electron chi connectivity index (χ4n) is 0.201. The molecule has 0 bridgehead atoms. The van der Waals surface area contributed by atoms with Crippen LogP contribution < -0.4 is 0 Å². The highest BCUT2D eigenvalue weighted by molar-refractivity contribution is 6.31. The van der Waals surface area contributed by atoms with Crippen LogP contribution in [-0.4, -0.2) is 18.6 Å². The topological polar surface area (TPSA) is 43.4 Å². The van der Waals surface area contributed by atoms with Gasteiger partial charge < -0.3 is 4.74 Å². The monoisotopic (exact) mass is 166 g/mol. The van der Waals surface area contributed by atoms with Crippen LogP contribution in [0.15, 0.2) is 11.6 Å². The summed E-state index contributed by atoms with van der Waals surface area (Å²) in [5.74, 6) is -1.55. The van der Waals surface area contributed by atoms with Crippen LogP contribution in [0.25, 0.3) is 0 Å². The Labute approximate surface area is 61.4 Å². The third-order valence-corrected chi connectivity index (χ3v) is 0.629. The second-order valence-electron chi connectivity index (χ2n) is 1.37. The average molecular weight is 167 g/mol. The summed E-state index contributed by atoms with van der Waals surface area (Å²) in [6, 6.07) is -2.14. The lowest BCUT2D eigenvalue weighted by Gasteiger charge is -1.96. The molecule has 5 heteroatoms. The molecule has 0 heterocycles. The average Bonchev–Trinajstić information content (AvgIpc) is 1.82. The Balaban J connectivity index is 3.60. The summed E-state index contributed by atoms with van der Waals surface area (Å²) in [5, 5.41) is 0.0228. The first kappa shape index (κ1) is 9.10. The molecule has 0 spiro atoms. The molecule has 0 N–H and O–H groups in total. The van der Waals surface area contributed by atoms with E-state index in [0.717, 1.165) is 0 Å². The summed E-state index contributed by atoms with van der Waals surface area (Å²) < 4.78 is 15.3. The summed E-state index contributed by atoms with van der Waals surface area (Å²) in [6.45, 7) is 2.79. The zero-order chi connectivity index (χ0) is 8.15. The number of carbonyl (C=O) groups excluding carboxylic acids is 2. The van der Waals surface area contributed by atoms with E-state index < -0.39 is 12.0 Å². The smallest absolute Gasteiger partial charge is 0.409 e. The van der Waals surface area contributed by atoms with Gasteiger partial charge in [0.15, 0.2) is 0 Å². The Morgan fingerprint density at radius 2 is 2.10 bits per heavy atom. The Bertz CT molecular complexity index is 178. The van der Waals surface area contributed by atoms with Crippen LogP contribution in [-0.2, 0) is 14.3 Å². The van der Waals surface area contributed by atoms with Crippen molar-refractivity contribution >= 4 is 23.6 Å². The van der Waals surface area contributed by atoms with Gasteiger partial charge in [-0.2, -0.15) is 4.39 Å². The molecule has 0 amide bonds. The summed E-state index contributed by atoms with van der Waals surface area (Å²) >= 11 is 5.12. The van der Waals surface area contributed by atoms with E-state index in [1.807, 2.05) is 0 Å². The molecular weight excluding hydrogens is 163 g/mol. The number of carbonyl (C=O) groups is 2. The van der Waals surface area contributed by atoms with Crippen molar-refractivity contribution in [2.45, 2.75) is 0 Å². The van der Waals surface area contributed by atoms with Crippen molar-refractivity contribution in [1.82, 2.24) is 0 Å². The van der Waals surface area contributed by atoms with Gasteiger partial charge in [0, 0.05) is 5.03 Å². The molecule has 0 aliphatic heterocycles. The van der Waals surface area contributed by atoms with Crippen molar-refractivity contribution in [3.05, 3.63) is 11.6 Å². The molecule has 0 radical (unpaired) electrons. The fourth-order valence-corrected chi connectivity index (χ4v) is 0.255. The van der Waals surface area contributed by atoms with Gasteiger partial charge in [-0.3, -0.25) is 0 Å². The predicted molar refractivity (Wildman–Crippen MR) is 32.1 cm³/mol. The highest BCUT2D eigenvalue weighted by Gasteiger charge is 2.13. The molecule has 0 saturated carbocycles. The lowest BCUT2D eigenvalue weighted by Crippen LogP contribution is -2.13. The van der Waals surface area contributed by atoms with Gasteiger partial charge in [0.25, 0.3) is 0 Å². The van der Waals surface area contributed by atoms with Crippen molar-refractivity contribution in [2.24, 2.45) is 0 Å². The maximum atomic E-state index is 11.4. The van der Waals surface area contributed by atoms with Crippen molar-refractivity contribution in [3.63, 3.8) is 0 Å². The minimum atomic E-state index is -2.14. The van der Waals surface area contributed by atoms with Crippen molar-refractivity contribution in [1.29, 1.82) is 0 Å². The van der Waals surface area contributed by atoms with Gasteiger partial charge in [0.1, 0.15) is 6.61 Å². The van der Waals surface area contributed by atoms with E-state index >= 15 is 0 Å². The lowest BCUT2D eigenvalue weighted by atomic mass is 10.6. The van der Waals surface area contributed by atoms with Crippen molar-refractivity contribution in [2.75, 3.05) is 6.61 Å². The summed E-state index contributed by atoms with van der Waals surface area (Å²) in [4.78, 5) is 19.5. The number of halogens is 2. The zero-order valence-corrected chi connectivity index (χ0v) is 5.65. The Morgan fingerprint density at radius 3 is 2.40 bits per heavy atom. The van der Waals surface area contributed by atoms with Gasteiger partial charge in [-0.15, -0.1) is 0 Å². The van der Waals surface area contributed by atoms with Gasteiger partial charge >= 0.3 is 12.0 Å². The van der Waals surface area contributed by atoms with Gasteiger partial charge in [-0.05, 0) is 0 Å². The van der Waals surface area contributed by atoms with E-state index in [9.17, 15) is 14.0 Å². The number of hydrogen-bond donors (Lipinski definition) is 0. The molecule has 56 valence electrons. The largest absolute Gasteiger partial charge is 0.452 e. The van der Waals surface area contributed by atoms with E-state index in [0.29, 0.717) is 0 Å². The number of esters is 1. The Kier molecular flexibility index (Phi) is 3.64. The number of hydrogen-bond acceptors (Lipinski definition) is 3. The molecule has 0 aromatic rings. The minimum Gasteiger partial charge on any atom is -0.452 e. The Morgan fingerprint density at radius 1 is 1.60 bits per heavy atom. The van der Waals surface area contributed by atoms with Crippen LogP contribution in [0.3, 0.4) is 0 Å². The summed E-state index contributed by atoms with van der Waals surface area (Å²) in [6.07, 6.45) is 0. The summed E-state index contributed by atoms with van der Waals surface area (Å²) in [7, 11) is 0. The molecule has 0 aromatic carbocycles.